The van der Waals surface area contributed by atoms with Gasteiger partial charge in [-0.2, -0.15) is 0 Å². The van der Waals surface area contributed by atoms with Crippen LogP contribution in [-0.4, -0.2) is 40.7 Å². The van der Waals surface area contributed by atoms with E-state index in [4.69, 9.17) is 21.1 Å². The summed E-state index contributed by atoms with van der Waals surface area (Å²) in [7, 11) is 0.0155. The molecule has 0 amide bonds. The lowest BCUT2D eigenvalue weighted by molar-refractivity contribution is 0.391. The number of hydrogen-bond donors (Lipinski definition) is 1. The molecule has 0 heterocycles. The molecule has 0 fully saturated rings. The second-order valence-electron chi connectivity index (χ2n) is 5.87. The Labute approximate surface area is 160 Å². The fraction of sp³-hybridized carbons (Fsp3) is 0.368. The van der Waals surface area contributed by atoms with Gasteiger partial charge in [-0.1, -0.05) is 17.7 Å². The number of sulfone groups is 1. The van der Waals surface area contributed by atoms with E-state index in [1.807, 2.05) is 18.2 Å². The molecule has 0 saturated carbocycles. The third kappa shape index (κ3) is 6.42. The Balaban J connectivity index is 1.80. The Morgan fingerprint density at radius 2 is 1.73 bits per heavy atom. The normalized spacial score (nSPS) is 11.2. The third-order valence-corrected chi connectivity index (χ3v) is 5.97. The summed E-state index contributed by atoms with van der Waals surface area (Å²) in [5, 5.41) is 3.87. The molecule has 0 radical (unpaired) electrons. The summed E-state index contributed by atoms with van der Waals surface area (Å²) in [5.74, 6) is 1.56. The van der Waals surface area contributed by atoms with Gasteiger partial charge in [-0.15, -0.1) is 0 Å². The van der Waals surface area contributed by atoms with Crippen LogP contribution in [0.3, 0.4) is 0 Å². The molecule has 0 aliphatic rings. The van der Waals surface area contributed by atoms with Gasteiger partial charge in [0, 0.05) is 23.3 Å². The standard InChI is InChI=1S/C19H24ClNO4S/c1-24-18-9-4-15(19(14-18)25-2)10-13-26(22,23)12-3-11-21-17-7-5-16(20)6-8-17/h4-9,14,21H,3,10-13H2,1-2H3. The zero-order chi connectivity index (χ0) is 19.0. The number of methoxy groups -OCH3 is 2. The summed E-state index contributed by atoms with van der Waals surface area (Å²) < 4.78 is 35.0. The Morgan fingerprint density at radius 1 is 1.00 bits per heavy atom. The number of anilines is 1. The minimum Gasteiger partial charge on any atom is -0.497 e. The molecule has 2 aromatic rings. The maximum Gasteiger partial charge on any atom is 0.150 e. The fourth-order valence-electron chi connectivity index (χ4n) is 2.52. The van der Waals surface area contributed by atoms with E-state index in [1.165, 1.54) is 0 Å². The van der Waals surface area contributed by atoms with Gasteiger partial charge in [0.2, 0.25) is 0 Å². The molecule has 0 atom stereocenters. The van der Waals surface area contributed by atoms with Gasteiger partial charge >= 0.3 is 0 Å². The number of halogens is 1. The summed E-state index contributed by atoms with van der Waals surface area (Å²) in [4.78, 5) is 0. The van der Waals surface area contributed by atoms with Gasteiger partial charge in [0.05, 0.1) is 25.7 Å². The first kappa shape index (κ1) is 20.4. The van der Waals surface area contributed by atoms with Gasteiger partial charge in [0.1, 0.15) is 11.5 Å². The average molecular weight is 398 g/mol. The maximum absolute atomic E-state index is 12.3. The molecular weight excluding hydrogens is 374 g/mol. The van der Waals surface area contributed by atoms with Crippen molar-refractivity contribution in [1.82, 2.24) is 0 Å². The molecule has 0 aliphatic carbocycles. The van der Waals surface area contributed by atoms with Crippen LogP contribution in [0.4, 0.5) is 5.69 Å². The molecule has 0 spiro atoms. The van der Waals surface area contributed by atoms with Gasteiger partial charge < -0.3 is 14.8 Å². The van der Waals surface area contributed by atoms with Crippen molar-refractivity contribution >= 4 is 27.1 Å². The Bertz CT molecular complexity index is 807. The van der Waals surface area contributed by atoms with Crippen molar-refractivity contribution in [1.29, 1.82) is 0 Å². The zero-order valence-corrected chi connectivity index (χ0v) is 16.6. The number of rotatable bonds is 10. The van der Waals surface area contributed by atoms with E-state index in [1.54, 1.807) is 38.5 Å². The van der Waals surface area contributed by atoms with E-state index >= 15 is 0 Å². The monoisotopic (exact) mass is 397 g/mol. The third-order valence-electron chi connectivity index (χ3n) is 3.98. The van der Waals surface area contributed by atoms with Crippen LogP contribution >= 0.6 is 11.6 Å². The Hall–Kier alpha value is -1.92. The smallest absolute Gasteiger partial charge is 0.150 e. The second-order valence-corrected chi connectivity index (χ2v) is 8.61. The highest BCUT2D eigenvalue weighted by Gasteiger charge is 2.13. The average Bonchev–Trinajstić information content (AvgIpc) is 2.65. The molecule has 7 heteroatoms. The number of aryl methyl sites for hydroxylation is 1. The van der Waals surface area contributed by atoms with Crippen molar-refractivity contribution < 1.29 is 17.9 Å². The SMILES string of the molecule is COc1ccc(CCS(=O)(=O)CCCNc2ccc(Cl)cc2)c(OC)c1. The first-order valence-corrected chi connectivity index (χ1v) is 10.5. The first-order valence-electron chi connectivity index (χ1n) is 8.34. The quantitative estimate of drug-likeness (QED) is 0.617. The molecule has 0 aliphatic heterocycles. The second kappa shape index (κ2) is 9.69. The van der Waals surface area contributed by atoms with Crippen molar-refractivity contribution in [2.75, 3.05) is 37.6 Å². The molecule has 0 saturated heterocycles. The molecule has 0 bridgehead atoms. The predicted molar refractivity (Wildman–Crippen MR) is 106 cm³/mol. The largest absolute Gasteiger partial charge is 0.497 e. The molecule has 2 aromatic carbocycles. The molecule has 1 N–H and O–H groups in total. The van der Waals surface area contributed by atoms with Crippen molar-refractivity contribution in [2.45, 2.75) is 12.8 Å². The molecule has 2 rings (SSSR count). The fourth-order valence-corrected chi connectivity index (χ4v) is 3.96. The highest BCUT2D eigenvalue weighted by molar-refractivity contribution is 7.91. The van der Waals surface area contributed by atoms with Crippen molar-refractivity contribution in [3.05, 3.63) is 53.1 Å². The first-order chi connectivity index (χ1) is 12.4. The lowest BCUT2D eigenvalue weighted by Gasteiger charge is -2.11. The number of ether oxygens (including phenoxy) is 2. The van der Waals surface area contributed by atoms with E-state index in [2.05, 4.69) is 5.32 Å². The van der Waals surface area contributed by atoms with Crippen LogP contribution in [0.15, 0.2) is 42.5 Å². The summed E-state index contributed by atoms with van der Waals surface area (Å²) in [6.45, 7) is 0.590. The lowest BCUT2D eigenvalue weighted by Crippen LogP contribution is -2.16. The Kier molecular flexibility index (Phi) is 7.60. The number of nitrogens with one attached hydrogen (secondary N) is 1. The summed E-state index contributed by atoms with van der Waals surface area (Å²) in [6, 6.07) is 12.7. The van der Waals surface area contributed by atoms with Crippen LogP contribution in [0.1, 0.15) is 12.0 Å². The van der Waals surface area contributed by atoms with Crippen LogP contribution in [0, 0.1) is 0 Å². The van der Waals surface area contributed by atoms with Crippen LogP contribution < -0.4 is 14.8 Å². The lowest BCUT2D eigenvalue weighted by atomic mass is 10.1. The van der Waals surface area contributed by atoms with Gasteiger partial charge in [0.25, 0.3) is 0 Å². The minimum absolute atomic E-state index is 0.0939. The number of benzene rings is 2. The topological polar surface area (TPSA) is 64.6 Å². The molecule has 0 aromatic heterocycles. The summed E-state index contributed by atoms with van der Waals surface area (Å²) in [6.07, 6.45) is 0.963. The predicted octanol–water partition coefficient (Wildman–Crippen LogP) is 3.82. The van der Waals surface area contributed by atoms with E-state index < -0.39 is 9.84 Å². The molecule has 142 valence electrons. The zero-order valence-electron chi connectivity index (χ0n) is 15.0. The molecule has 5 nitrogen and oxygen atoms in total. The highest BCUT2D eigenvalue weighted by atomic mass is 35.5. The molecule has 26 heavy (non-hydrogen) atoms. The van der Waals surface area contributed by atoms with Gasteiger partial charge in [0.15, 0.2) is 9.84 Å². The minimum atomic E-state index is -3.13. The number of hydrogen-bond acceptors (Lipinski definition) is 5. The molecule has 0 unspecified atom stereocenters. The van der Waals surface area contributed by atoms with Gasteiger partial charge in [-0.25, -0.2) is 8.42 Å². The summed E-state index contributed by atoms with van der Waals surface area (Å²) in [5.41, 5.74) is 1.78. The van der Waals surface area contributed by atoms with Gasteiger partial charge in [-0.05, 0) is 48.7 Å². The Morgan fingerprint density at radius 3 is 2.38 bits per heavy atom. The van der Waals surface area contributed by atoms with Gasteiger partial charge in [-0.3, -0.25) is 0 Å². The van der Waals surface area contributed by atoms with E-state index in [9.17, 15) is 8.42 Å². The van der Waals surface area contributed by atoms with Crippen molar-refractivity contribution in [3.63, 3.8) is 0 Å². The maximum atomic E-state index is 12.3. The van der Waals surface area contributed by atoms with Crippen LogP contribution in [0.25, 0.3) is 0 Å². The highest BCUT2D eigenvalue weighted by Crippen LogP contribution is 2.25. The van der Waals surface area contributed by atoms with E-state index in [-0.39, 0.29) is 11.5 Å². The van der Waals surface area contributed by atoms with E-state index in [0.29, 0.717) is 35.9 Å². The van der Waals surface area contributed by atoms with Crippen LogP contribution in [0.2, 0.25) is 5.02 Å². The van der Waals surface area contributed by atoms with E-state index in [0.717, 1.165) is 11.3 Å². The van der Waals surface area contributed by atoms with Crippen LogP contribution in [0.5, 0.6) is 11.5 Å². The molecular formula is C19H24ClNO4S. The van der Waals surface area contributed by atoms with Crippen LogP contribution in [-0.2, 0) is 16.3 Å². The van der Waals surface area contributed by atoms with Crippen molar-refractivity contribution in [2.24, 2.45) is 0 Å². The summed E-state index contributed by atoms with van der Waals surface area (Å²) >= 11 is 5.83. The van der Waals surface area contributed by atoms with Crippen molar-refractivity contribution in [3.8, 4) is 11.5 Å².